The lowest BCUT2D eigenvalue weighted by Gasteiger charge is -2.23. The fourth-order valence-corrected chi connectivity index (χ4v) is 3.37. The van der Waals surface area contributed by atoms with E-state index in [0.29, 0.717) is 12.3 Å². The number of hydrogen-bond donors (Lipinski definition) is 2. The Bertz CT molecular complexity index is 597. The Labute approximate surface area is 149 Å². The van der Waals surface area contributed by atoms with Crippen molar-refractivity contribution in [1.29, 1.82) is 0 Å². The Balaban J connectivity index is 1.38. The Morgan fingerprint density at radius 1 is 1.32 bits per heavy atom. The monoisotopic (exact) mass is 349 g/mol. The maximum absolute atomic E-state index is 12.0. The Morgan fingerprint density at radius 3 is 2.92 bits per heavy atom. The molecular weight excluding hydrogens is 320 g/mol. The van der Waals surface area contributed by atoms with Crippen molar-refractivity contribution in [3.8, 4) is 11.5 Å². The second-order valence-electron chi connectivity index (χ2n) is 7.39. The van der Waals surface area contributed by atoms with Gasteiger partial charge in [-0.3, -0.25) is 4.79 Å². The van der Waals surface area contributed by atoms with Crippen molar-refractivity contribution in [1.82, 2.24) is 5.32 Å². The molecule has 1 aromatic rings. The van der Waals surface area contributed by atoms with E-state index in [1.54, 1.807) is 4.90 Å². The average Bonchev–Trinajstić information content (AvgIpc) is 2.92. The molecule has 25 heavy (non-hydrogen) atoms. The molecule has 2 aliphatic rings. The summed E-state index contributed by atoms with van der Waals surface area (Å²) in [7, 11) is 0. The maximum atomic E-state index is 12.0. The quantitative estimate of drug-likeness (QED) is 0.691. The van der Waals surface area contributed by atoms with Crippen molar-refractivity contribution in [3.05, 3.63) is 23.8 Å². The highest BCUT2D eigenvalue weighted by Gasteiger charge is 2.32. The largest absolute Gasteiger partial charge is 0.483 e. The molecule has 2 N–H and O–H groups in total. The molecule has 0 aliphatic carbocycles. The number of rotatable bonds is 7. The van der Waals surface area contributed by atoms with E-state index in [2.05, 4.69) is 19.2 Å². The van der Waals surface area contributed by atoms with Gasteiger partial charge in [-0.15, -0.1) is 0 Å². The van der Waals surface area contributed by atoms with Crippen LogP contribution in [0, 0.1) is 0 Å². The molecule has 1 amide bonds. The van der Waals surface area contributed by atoms with Crippen LogP contribution < -0.4 is 19.7 Å². The summed E-state index contributed by atoms with van der Waals surface area (Å²) in [4.78, 5) is 13.5. The average molecular weight is 349 g/mol. The van der Waals surface area contributed by atoms with Crippen LogP contribution in [0.4, 0.5) is 0 Å². The molecule has 0 atom stereocenters. The predicted molar refractivity (Wildman–Crippen MR) is 94.4 cm³/mol. The number of hydrogen-bond acceptors (Lipinski definition) is 4. The van der Waals surface area contributed by atoms with Gasteiger partial charge >= 0.3 is 0 Å². The van der Waals surface area contributed by atoms with Crippen LogP contribution in [0.15, 0.2) is 18.2 Å². The Morgan fingerprint density at radius 2 is 2.12 bits per heavy atom. The lowest BCUT2D eigenvalue weighted by Crippen LogP contribution is -3.14. The number of quaternary nitrogens is 1. The molecule has 6 nitrogen and oxygen atoms in total. The summed E-state index contributed by atoms with van der Waals surface area (Å²) in [6.45, 7) is 9.69. The number of carbonyl (C=O) groups excluding carboxylic acids is 1. The molecule has 0 bridgehead atoms. The summed E-state index contributed by atoms with van der Waals surface area (Å²) >= 11 is 0. The van der Waals surface area contributed by atoms with E-state index >= 15 is 0 Å². The first-order valence-corrected chi connectivity index (χ1v) is 9.15. The van der Waals surface area contributed by atoms with Gasteiger partial charge in [0.15, 0.2) is 18.1 Å². The summed E-state index contributed by atoms with van der Waals surface area (Å²) in [6.07, 6.45) is 1.83. The van der Waals surface area contributed by atoms with E-state index in [1.807, 2.05) is 18.2 Å². The number of amides is 1. The van der Waals surface area contributed by atoms with E-state index in [1.165, 1.54) is 0 Å². The lowest BCUT2D eigenvalue weighted by atomic mass is 10.0. The molecule has 0 unspecified atom stereocenters. The SMILES string of the molecule is CC1(C)Cc2cccc(OCC(=O)NCCC[NH+]3CCOCC3)c2O1. The third-order valence-electron chi connectivity index (χ3n) is 4.64. The molecule has 138 valence electrons. The number of carbonyl (C=O) groups is 1. The van der Waals surface area contributed by atoms with E-state index in [4.69, 9.17) is 14.2 Å². The number of para-hydroxylation sites is 1. The summed E-state index contributed by atoms with van der Waals surface area (Å²) in [5, 5.41) is 2.93. The van der Waals surface area contributed by atoms with Gasteiger partial charge in [0, 0.05) is 24.9 Å². The summed E-state index contributed by atoms with van der Waals surface area (Å²) in [5.74, 6) is 1.33. The number of ether oxygens (including phenoxy) is 3. The second-order valence-corrected chi connectivity index (χ2v) is 7.39. The van der Waals surface area contributed by atoms with E-state index < -0.39 is 0 Å². The molecule has 2 aliphatic heterocycles. The molecule has 1 fully saturated rings. The van der Waals surface area contributed by atoms with Crippen LogP contribution >= 0.6 is 0 Å². The van der Waals surface area contributed by atoms with Gasteiger partial charge in [-0.2, -0.15) is 0 Å². The second kappa shape index (κ2) is 8.06. The van der Waals surface area contributed by atoms with Gasteiger partial charge in [-0.1, -0.05) is 12.1 Å². The molecule has 0 radical (unpaired) electrons. The first-order valence-electron chi connectivity index (χ1n) is 9.15. The summed E-state index contributed by atoms with van der Waals surface area (Å²) < 4.78 is 17.0. The van der Waals surface area contributed by atoms with Gasteiger partial charge in [0.1, 0.15) is 18.7 Å². The lowest BCUT2D eigenvalue weighted by molar-refractivity contribution is -0.908. The Hall–Kier alpha value is -1.79. The van der Waals surface area contributed by atoms with E-state index in [-0.39, 0.29) is 18.1 Å². The van der Waals surface area contributed by atoms with Gasteiger partial charge in [0.2, 0.25) is 0 Å². The molecule has 6 heteroatoms. The van der Waals surface area contributed by atoms with Crippen LogP contribution in [-0.4, -0.2) is 57.5 Å². The van der Waals surface area contributed by atoms with Crippen molar-refractivity contribution >= 4 is 5.91 Å². The van der Waals surface area contributed by atoms with Crippen molar-refractivity contribution in [2.45, 2.75) is 32.3 Å². The van der Waals surface area contributed by atoms with E-state index in [0.717, 1.165) is 57.0 Å². The van der Waals surface area contributed by atoms with Crippen LogP contribution in [0.3, 0.4) is 0 Å². The van der Waals surface area contributed by atoms with Crippen LogP contribution in [0.5, 0.6) is 11.5 Å². The molecular formula is C19H29N2O4+. The van der Waals surface area contributed by atoms with Gasteiger partial charge in [-0.25, -0.2) is 0 Å². The zero-order valence-corrected chi connectivity index (χ0v) is 15.2. The highest BCUT2D eigenvalue weighted by molar-refractivity contribution is 5.77. The molecule has 0 spiro atoms. The molecule has 1 aromatic carbocycles. The van der Waals surface area contributed by atoms with Crippen LogP contribution in [-0.2, 0) is 16.0 Å². The fourth-order valence-electron chi connectivity index (χ4n) is 3.37. The van der Waals surface area contributed by atoms with Gasteiger partial charge in [0.05, 0.1) is 19.8 Å². The van der Waals surface area contributed by atoms with Gasteiger partial charge in [0.25, 0.3) is 5.91 Å². The minimum absolute atomic E-state index is 0.0185. The molecule has 0 aromatic heterocycles. The highest BCUT2D eigenvalue weighted by Crippen LogP contribution is 2.41. The first-order chi connectivity index (χ1) is 12.0. The Kier molecular flexibility index (Phi) is 5.81. The van der Waals surface area contributed by atoms with Crippen molar-refractivity contribution < 1.29 is 23.9 Å². The van der Waals surface area contributed by atoms with Crippen molar-refractivity contribution in [3.63, 3.8) is 0 Å². The van der Waals surface area contributed by atoms with Crippen LogP contribution in [0.2, 0.25) is 0 Å². The standard InChI is InChI=1S/C19H28N2O4/c1-19(2)13-15-5-3-6-16(18(15)25-19)24-14-17(22)20-7-4-8-21-9-11-23-12-10-21/h3,5-6H,4,7-14H2,1-2H3,(H,20,22)/p+1. The number of morpholine rings is 1. The molecule has 0 saturated carbocycles. The molecule has 2 heterocycles. The van der Waals surface area contributed by atoms with Gasteiger partial charge < -0.3 is 24.4 Å². The highest BCUT2D eigenvalue weighted by atomic mass is 16.5. The van der Waals surface area contributed by atoms with Crippen molar-refractivity contribution in [2.75, 3.05) is 46.0 Å². The summed E-state index contributed by atoms with van der Waals surface area (Å²) in [6, 6.07) is 5.85. The van der Waals surface area contributed by atoms with E-state index in [9.17, 15) is 4.79 Å². The third-order valence-corrected chi connectivity index (χ3v) is 4.64. The number of benzene rings is 1. The molecule has 1 saturated heterocycles. The zero-order valence-electron chi connectivity index (χ0n) is 15.2. The van der Waals surface area contributed by atoms with Crippen LogP contribution in [0.1, 0.15) is 25.8 Å². The maximum Gasteiger partial charge on any atom is 0.257 e. The normalized spacial score (nSPS) is 19.1. The molecule has 3 rings (SSSR count). The zero-order chi connectivity index (χ0) is 17.7. The number of nitrogens with one attached hydrogen (secondary N) is 2. The summed E-state index contributed by atoms with van der Waals surface area (Å²) in [5.41, 5.74) is 0.919. The minimum atomic E-state index is -0.216. The topological polar surface area (TPSA) is 61.2 Å². The number of fused-ring (bicyclic) bond motifs is 1. The predicted octanol–water partition coefficient (Wildman–Crippen LogP) is 0.200. The van der Waals surface area contributed by atoms with Crippen LogP contribution in [0.25, 0.3) is 0 Å². The fraction of sp³-hybridized carbons (Fsp3) is 0.632. The smallest absolute Gasteiger partial charge is 0.257 e. The third kappa shape index (κ3) is 5.09. The minimum Gasteiger partial charge on any atom is -0.483 e. The van der Waals surface area contributed by atoms with Gasteiger partial charge in [-0.05, 0) is 19.9 Å². The van der Waals surface area contributed by atoms with Crippen molar-refractivity contribution in [2.24, 2.45) is 0 Å². The first kappa shape index (κ1) is 18.0.